The Balaban J connectivity index is 1.39. The van der Waals surface area contributed by atoms with Gasteiger partial charge in [-0.15, -0.1) is 0 Å². The third kappa shape index (κ3) is 2.74. The van der Waals surface area contributed by atoms with Gasteiger partial charge in [-0.05, 0) is 25.2 Å². The molecule has 5 rings (SSSR count). The second-order valence-corrected chi connectivity index (χ2v) is 7.50. The molecular formula is C18H22N6O2. The number of rotatable bonds is 3. The zero-order chi connectivity index (χ0) is 17.7. The van der Waals surface area contributed by atoms with Crippen LogP contribution >= 0.6 is 0 Å². The molecular weight excluding hydrogens is 332 g/mol. The number of nitrogens with one attached hydrogen (secondary N) is 3. The van der Waals surface area contributed by atoms with Crippen molar-refractivity contribution in [2.24, 2.45) is 5.92 Å². The zero-order valence-electron chi connectivity index (χ0n) is 14.5. The van der Waals surface area contributed by atoms with Crippen LogP contribution in [0.1, 0.15) is 47.4 Å². The highest BCUT2D eigenvalue weighted by Gasteiger charge is 2.34. The summed E-state index contributed by atoms with van der Waals surface area (Å²) in [6, 6.07) is -0.417. The minimum Gasteiger partial charge on any atom is -0.348 e. The SMILES string of the molecule is O=C([C@@H]1NCCc2[nH]cnc21)N1CCc2c(nc(CC3CC3)[nH]c2=O)C1. The van der Waals surface area contributed by atoms with Gasteiger partial charge in [-0.25, -0.2) is 9.97 Å². The summed E-state index contributed by atoms with van der Waals surface area (Å²) in [6.45, 7) is 1.68. The molecule has 2 aliphatic heterocycles. The normalized spacial score (nSPS) is 22.0. The molecule has 1 saturated carbocycles. The average molecular weight is 354 g/mol. The van der Waals surface area contributed by atoms with Crippen LogP contribution in [0.4, 0.5) is 0 Å². The lowest BCUT2D eigenvalue weighted by Crippen LogP contribution is -2.46. The summed E-state index contributed by atoms with van der Waals surface area (Å²) >= 11 is 0. The van der Waals surface area contributed by atoms with Crippen LogP contribution in [-0.4, -0.2) is 43.8 Å². The number of imidazole rings is 1. The molecule has 1 atom stereocenters. The van der Waals surface area contributed by atoms with Crippen LogP contribution in [0.5, 0.6) is 0 Å². The lowest BCUT2D eigenvalue weighted by molar-refractivity contribution is -0.135. The monoisotopic (exact) mass is 354 g/mol. The average Bonchev–Trinajstić information content (AvgIpc) is 3.32. The summed E-state index contributed by atoms with van der Waals surface area (Å²) in [7, 11) is 0. The molecule has 3 N–H and O–H groups in total. The smallest absolute Gasteiger partial charge is 0.254 e. The minimum atomic E-state index is -0.417. The molecule has 0 aromatic carbocycles. The van der Waals surface area contributed by atoms with Crippen molar-refractivity contribution in [1.82, 2.24) is 30.2 Å². The topological polar surface area (TPSA) is 107 Å². The fourth-order valence-corrected chi connectivity index (χ4v) is 3.98. The Bertz CT molecular complexity index is 913. The van der Waals surface area contributed by atoms with Gasteiger partial charge in [-0.1, -0.05) is 0 Å². The van der Waals surface area contributed by atoms with Crippen molar-refractivity contribution < 1.29 is 4.79 Å². The predicted molar refractivity (Wildman–Crippen MR) is 93.4 cm³/mol. The van der Waals surface area contributed by atoms with E-state index >= 15 is 0 Å². The summed E-state index contributed by atoms with van der Waals surface area (Å²) in [5.41, 5.74) is 3.26. The fourth-order valence-electron chi connectivity index (χ4n) is 3.98. The minimum absolute atomic E-state index is 0.00882. The van der Waals surface area contributed by atoms with Gasteiger partial charge in [-0.3, -0.25) is 9.59 Å². The molecule has 26 heavy (non-hydrogen) atoms. The molecule has 2 aromatic rings. The molecule has 0 bridgehead atoms. The summed E-state index contributed by atoms with van der Waals surface area (Å²) < 4.78 is 0. The highest BCUT2D eigenvalue weighted by molar-refractivity contribution is 5.83. The molecule has 2 aromatic heterocycles. The van der Waals surface area contributed by atoms with E-state index in [0.717, 1.165) is 47.9 Å². The molecule has 4 heterocycles. The number of hydrogen-bond acceptors (Lipinski definition) is 5. The maximum Gasteiger partial charge on any atom is 0.254 e. The predicted octanol–water partition coefficient (Wildman–Crippen LogP) is 0.217. The first-order valence-electron chi connectivity index (χ1n) is 9.34. The van der Waals surface area contributed by atoms with Crippen LogP contribution in [-0.2, 0) is 30.6 Å². The Morgan fingerprint density at radius 2 is 2.19 bits per heavy atom. The number of nitrogens with zero attached hydrogens (tertiary/aromatic N) is 3. The van der Waals surface area contributed by atoms with Crippen LogP contribution < -0.4 is 10.9 Å². The van der Waals surface area contributed by atoms with Gasteiger partial charge in [-0.2, -0.15) is 0 Å². The van der Waals surface area contributed by atoms with Gasteiger partial charge in [0.15, 0.2) is 0 Å². The molecule has 136 valence electrons. The number of fused-ring (bicyclic) bond motifs is 2. The van der Waals surface area contributed by atoms with Crippen molar-refractivity contribution in [3.05, 3.63) is 45.2 Å². The lowest BCUT2D eigenvalue weighted by Gasteiger charge is -2.32. The maximum atomic E-state index is 13.1. The molecule has 0 unspecified atom stereocenters. The summed E-state index contributed by atoms with van der Waals surface area (Å²) in [6.07, 6.45) is 6.30. The maximum absolute atomic E-state index is 13.1. The molecule has 1 fully saturated rings. The Morgan fingerprint density at radius 3 is 3.04 bits per heavy atom. The third-order valence-corrected chi connectivity index (χ3v) is 5.61. The van der Waals surface area contributed by atoms with Crippen molar-refractivity contribution in [2.45, 2.75) is 44.7 Å². The van der Waals surface area contributed by atoms with E-state index in [1.807, 2.05) is 0 Å². The quantitative estimate of drug-likeness (QED) is 0.731. The molecule has 8 heteroatoms. The Labute approximate surface area is 150 Å². The van der Waals surface area contributed by atoms with Gasteiger partial charge in [0, 0.05) is 37.2 Å². The van der Waals surface area contributed by atoms with E-state index in [1.165, 1.54) is 12.8 Å². The molecule has 0 saturated heterocycles. The highest BCUT2D eigenvalue weighted by atomic mass is 16.2. The Hall–Kier alpha value is -2.48. The van der Waals surface area contributed by atoms with Crippen molar-refractivity contribution in [3.63, 3.8) is 0 Å². The summed E-state index contributed by atoms with van der Waals surface area (Å²) in [4.78, 5) is 42.3. The third-order valence-electron chi connectivity index (χ3n) is 5.61. The van der Waals surface area contributed by atoms with Crippen molar-refractivity contribution in [1.29, 1.82) is 0 Å². The number of H-pyrrole nitrogens is 2. The van der Waals surface area contributed by atoms with Crippen LogP contribution in [0.3, 0.4) is 0 Å². The number of amides is 1. The second kappa shape index (κ2) is 6.05. The lowest BCUT2D eigenvalue weighted by atomic mass is 10.0. The van der Waals surface area contributed by atoms with E-state index < -0.39 is 6.04 Å². The largest absolute Gasteiger partial charge is 0.348 e. The zero-order valence-corrected chi connectivity index (χ0v) is 14.5. The van der Waals surface area contributed by atoms with Gasteiger partial charge in [0.2, 0.25) is 5.91 Å². The van der Waals surface area contributed by atoms with E-state index in [9.17, 15) is 9.59 Å². The molecule has 8 nitrogen and oxygen atoms in total. The van der Waals surface area contributed by atoms with Gasteiger partial charge >= 0.3 is 0 Å². The van der Waals surface area contributed by atoms with Crippen LogP contribution in [0.25, 0.3) is 0 Å². The van der Waals surface area contributed by atoms with Crippen molar-refractivity contribution >= 4 is 5.91 Å². The molecule has 0 radical (unpaired) electrons. The van der Waals surface area contributed by atoms with Crippen molar-refractivity contribution in [3.8, 4) is 0 Å². The molecule has 1 aliphatic carbocycles. The number of aromatic amines is 2. The van der Waals surface area contributed by atoms with E-state index in [4.69, 9.17) is 0 Å². The Kier molecular flexibility index (Phi) is 3.66. The van der Waals surface area contributed by atoms with Gasteiger partial charge < -0.3 is 20.2 Å². The van der Waals surface area contributed by atoms with E-state index in [-0.39, 0.29) is 11.5 Å². The first-order valence-corrected chi connectivity index (χ1v) is 9.34. The van der Waals surface area contributed by atoms with Gasteiger partial charge in [0.05, 0.1) is 24.3 Å². The van der Waals surface area contributed by atoms with Crippen LogP contribution in [0, 0.1) is 5.92 Å². The highest BCUT2D eigenvalue weighted by Crippen LogP contribution is 2.31. The molecule has 0 spiro atoms. The molecule has 1 amide bonds. The first kappa shape index (κ1) is 15.7. The fraction of sp³-hybridized carbons (Fsp3) is 0.556. The first-order chi connectivity index (χ1) is 12.7. The summed E-state index contributed by atoms with van der Waals surface area (Å²) in [5, 5.41) is 3.28. The van der Waals surface area contributed by atoms with Gasteiger partial charge in [0.1, 0.15) is 11.9 Å². The van der Waals surface area contributed by atoms with Crippen LogP contribution in [0.15, 0.2) is 11.1 Å². The number of carbonyl (C=O) groups excluding carboxylic acids is 1. The second-order valence-electron chi connectivity index (χ2n) is 7.50. The number of carbonyl (C=O) groups is 1. The van der Waals surface area contributed by atoms with Gasteiger partial charge in [0.25, 0.3) is 5.56 Å². The van der Waals surface area contributed by atoms with Crippen LogP contribution in [0.2, 0.25) is 0 Å². The van der Waals surface area contributed by atoms with E-state index in [2.05, 4.69) is 25.3 Å². The molecule has 3 aliphatic rings. The Morgan fingerprint density at radius 1 is 1.31 bits per heavy atom. The summed E-state index contributed by atoms with van der Waals surface area (Å²) in [5.74, 6) is 1.42. The number of aromatic nitrogens is 4. The standard InChI is InChI=1S/C18H22N6O2/c25-17-11-4-6-24(8-13(11)22-14(23-17)7-10-1-2-10)18(26)16-15-12(3-5-19-16)20-9-21-15/h9-10,16,19H,1-8H2,(H,20,21)(H,22,23,25)/t16-/m1/s1. The van der Waals surface area contributed by atoms with E-state index in [1.54, 1.807) is 11.2 Å². The van der Waals surface area contributed by atoms with E-state index in [0.29, 0.717) is 25.4 Å². The number of hydrogen-bond donors (Lipinski definition) is 3. The van der Waals surface area contributed by atoms with Crippen molar-refractivity contribution in [2.75, 3.05) is 13.1 Å².